The highest BCUT2D eigenvalue weighted by atomic mass is 32.1. The molecule has 202 valence electrons. The lowest BCUT2D eigenvalue weighted by atomic mass is 9.74. The molecule has 2 heterocycles. The molecule has 2 atom stereocenters. The average molecular weight is 539 g/mol. The Balaban J connectivity index is 2.08. The Labute approximate surface area is 225 Å². The van der Waals surface area contributed by atoms with Crippen LogP contribution in [-0.4, -0.2) is 20.7 Å². The van der Waals surface area contributed by atoms with Crippen LogP contribution in [0.3, 0.4) is 0 Å². The van der Waals surface area contributed by atoms with Crippen LogP contribution >= 0.6 is 25.3 Å². The van der Waals surface area contributed by atoms with Gasteiger partial charge in [-0.3, -0.25) is 9.59 Å². The molecule has 0 aromatic carbocycles. The number of hydrogen-bond donors (Lipinski definition) is 4. The van der Waals surface area contributed by atoms with Crippen molar-refractivity contribution in [3.63, 3.8) is 0 Å². The van der Waals surface area contributed by atoms with Gasteiger partial charge in [0.25, 0.3) is 0 Å². The van der Waals surface area contributed by atoms with Crippen LogP contribution in [0.2, 0.25) is 0 Å². The van der Waals surface area contributed by atoms with Gasteiger partial charge in [-0.15, -0.1) is 0 Å². The zero-order valence-electron chi connectivity index (χ0n) is 22.1. The fourth-order valence-corrected chi connectivity index (χ4v) is 4.90. The second-order valence-corrected chi connectivity index (χ2v) is 12.9. The summed E-state index contributed by atoms with van der Waals surface area (Å²) in [6.07, 6.45) is 11.9. The highest BCUT2D eigenvalue weighted by Crippen LogP contribution is 2.39. The topological polar surface area (TPSA) is 101 Å². The van der Waals surface area contributed by atoms with E-state index < -0.39 is 28.3 Å². The monoisotopic (exact) mass is 538 g/mol. The van der Waals surface area contributed by atoms with Crippen LogP contribution < -0.4 is 10.9 Å². The summed E-state index contributed by atoms with van der Waals surface area (Å²) in [4.78, 5) is 25.4. The van der Waals surface area contributed by atoms with Gasteiger partial charge in [-0.2, -0.15) is 25.3 Å². The molecule has 0 saturated heterocycles. The molecule has 6 nitrogen and oxygen atoms in total. The molecule has 0 saturated carbocycles. The summed E-state index contributed by atoms with van der Waals surface area (Å²) in [5.74, 6) is -1.77. The zero-order valence-corrected chi connectivity index (χ0v) is 23.9. The largest absolute Gasteiger partial charge is 0.502 e. The summed E-state index contributed by atoms with van der Waals surface area (Å²) >= 11 is 9.61. The van der Waals surface area contributed by atoms with E-state index in [1.807, 2.05) is 0 Å². The van der Waals surface area contributed by atoms with E-state index in [1.54, 1.807) is 0 Å². The normalized spacial score (nSPS) is 14.2. The average Bonchev–Trinajstić information content (AvgIpc) is 2.82. The fraction of sp³-hybridized carbons (Fsp3) is 0.643. The van der Waals surface area contributed by atoms with Gasteiger partial charge in [-0.25, -0.2) is 0 Å². The van der Waals surface area contributed by atoms with Gasteiger partial charge in [0.15, 0.2) is 11.5 Å². The first-order chi connectivity index (χ1) is 16.8. The number of rotatable bonds is 14. The first-order valence-corrected chi connectivity index (χ1v) is 13.7. The molecule has 0 fully saturated rings. The SMILES string of the molecule is CCC(C)(C)CCC(S)CCC(S)CCC(C)(C)CC(c1cocc(O)c1=O)c1cocc(O)c1=O. The minimum atomic E-state index is -0.714. The molecule has 0 spiro atoms. The van der Waals surface area contributed by atoms with E-state index in [4.69, 9.17) is 34.1 Å². The summed E-state index contributed by atoms with van der Waals surface area (Å²) in [6, 6.07) is 0. The van der Waals surface area contributed by atoms with Crippen molar-refractivity contribution < 1.29 is 19.0 Å². The van der Waals surface area contributed by atoms with E-state index in [0.717, 1.165) is 57.5 Å². The Kier molecular flexibility index (Phi) is 11.1. The molecular formula is C28H42O6S2. The summed E-state index contributed by atoms with van der Waals surface area (Å²) in [5, 5.41) is 20.4. The predicted molar refractivity (Wildman–Crippen MR) is 151 cm³/mol. The molecule has 2 rings (SSSR count). The van der Waals surface area contributed by atoms with Gasteiger partial charge in [0.2, 0.25) is 10.9 Å². The minimum absolute atomic E-state index is 0.149. The number of thiol groups is 2. The molecule has 0 amide bonds. The third-order valence-corrected chi connectivity index (χ3v) is 8.38. The van der Waals surface area contributed by atoms with Crippen molar-refractivity contribution in [2.75, 3.05) is 0 Å². The predicted octanol–water partition coefficient (Wildman–Crippen LogP) is 6.93. The van der Waals surface area contributed by atoms with Gasteiger partial charge >= 0.3 is 0 Å². The van der Waals surface area contributed by atoms with E-state index in [1.165, 1.54) is 12.5 Å². The van der Waals surface area contributed by atoms with Crippen LogP contribution in [0.15, 0.2) is 43.5 Å². The molecule has 0 bridgehead atoms. The Morgan fingerprint density at radius 3 is 1.58 bits per heavy atom. The molecule has 2 unspecified atom stereocenters. The highest BCUT2D eigenvalue weighted by molar-refractivity contribution is 7.81. The van der Waals surface area contributed by atoms with Crippen LogP contribution in [-0.2, 0) is 0 Å². The Bertz CT molecular complexity index is 1030. The van der Waals surface area contributed by atoms with Crippen LogP contribution in [0.4, 0.5) is 0 Å². The van der Waals surface area contributed by atoms with E-state index in [2.05, 4.69) is 34.6 Å². The molecule has 36 heavy (non-hydrogen) atoms. The van der Waals surface area contributed by atoms with E-state index in [9.17, 15) is 19.8 Å². The summed E-state index contributed by atoms with van der Waals surface area (Å²) < 4.78 is 10.3. The molecule has 8 heteroatoms. The molecule has 0 aliphatic heterocycles. The molecular weight excluding hydrogens is 496 g/mol. The molecule has 0 aliphatic carbocycles. The van der Waals surface area contributed by atoms with Gasteiger partial charge in [-0.1, -0.05) is 41.0 Å². The van der Waals surface area contributed by atoms with E-state index in [-0.39, 0.29) is 21.8 Å². The lowest BCUT2D eigenvalue weighted by molar-refractivity contribution is 0.277. The van der Waals surface area contributed by atoms with Gasteiger partial charge < -0.3 is 19.0 Å². The van der Waals surface area contributed by atoms with Crippen molar-refractivity contribution in [1.82, 2.24) is 0 Å². The van der Waals surface area contributed by atoms with Gasteiger partial charge in [0.05, 0.1) is 12.5 Å². The van der Waals surface area contributed by atoms with Crippen molar-refractivity contribution in [2.24, 2.45) is 10.8 Å². The molecule has 0 aliphatic rings. The summed E-state index contributed by atoms with van der Waals surface area (Å²) in [7, 11) is 0. The molecule has 0 radical (unpaired) electrons. The minimum Gasteiger partial charge on any atom is -0.502 e. The second-order valence-electron chi connectivity index (χ2n) is 11.5. The van der Waals surface area contributed by atoms with Crippen LogP contribution in [0.25, 0.3) is 0 Å². The van der Waals surface area contributed by atoms with Gasteiger partial charge in [0.1, 0.15) is 12.5 Å². The smallest absolute Gasteiger partial charge is 0.230 e. The van der Waals surface area contributed by atoms with E-state index >= 15 is 0 Å². The fourth-order valence-electron chi connectivity index (χ4n) is 4.34. The van der Waals surface area contributed by atoms with Crippen molar-refractivity contribution in [3.8, 4) is 11.5 Å². The van der Waals surface area contributed by atoms with Crippen molar-refractivity contribution in [2.45, 2.75) is 102 Å². The van der Waals surface area contributed by atoms with E-state index in [0.29, 0.717) is 17.1 Å². The highest BCUT2D eigenvalue weighted by Gasteiger charge is 2.31. The maximum absolute atomic E-state index is 12.7. The van der Waals surface area contributed by atoms with Crippen molar-refractivity contribution >= 4 is 25.3 Å². The summed E-state index contributed by atoms with van der Waals surface area (Å²) in [6.45, 7) is 11.0. The molecule has 2 aromatic heterocycles. The third-order valence-electron chi connectivity index (χ3n) is 7.35. The maximum Gasteiger partial charge on any atom is 0.230 e. The van der Waals surface area contributed by atoms with Crippen molar-refractivity contribution in [3.05, 3.63) is 56.6 Å². The standard InChI is InChI=1S/C28H42O6S2/c1-6-27(2,3)11-9-18(35)7-8-19(36)10-12-28(4,5)13-20(21-14-33-16-23(29)25(21)31)22-15-34-17-24(30)26(22)32/h14-20,29-30,35-36H,6-13H2,1-5H3. The first kappa shape index (κ1) is 30.4. The number of hydrogen-bond acceptors (Lipinski definition) is 8. The van der Waals surface area contributed by atoms with Crippen LogP contribution in [0.1, 0.15) is 103 Å². The van der Waals surface area contributed by atoms with Crippen LogP contribution in [0.5, 0.6) is 11.5 Å². The molecule has 2 N–H and O–H groups in total. The first-order valence-electron chi connectivity index (χ1n) is 12.7. The summed E-state index contributed by atoms with van der Waals surface area (Å²) in [5.41, 5.74) is -0.854. The lowest BCUT2D eigenvalue weighted by Gasteiger charge is -2.30. The van der Waals surface area contributed by atoms with Gasteiger partial charge in [-0.05, 0) is 55.8 Å². The molecule has 2 aromatic rings. The third kappa shape index (κ3) is 8.94. The lowest BCUT2D eigenvalue weighted by Crippen LogP contribution is -2.25. The Morgan fingerprint density at radius 1 is 0.750 bits per heavy atom. The zero-order chi connectivity index (χ0) is 27.1. The maximum atomic E-state index is 12.7. The quantitative estimate of drug-likeness (QED) is 0.195. The van der Waals surface area contributed by atoms with Gasteiger partial charge in [0, 0.05) is 27.5 Å². The van der Waals surface area contributed by atoms with Crippen LogP contribution in [0, 0.1) is 10.8 Å². The van der Waals surface area contributed by atoms with Crippen molar-refractivity contribution in [1.29, 1.82) is 0 Å². The number of aromatic hydroxyl groups is 2. The second kappa shape index (κ2) is 13.1. The Hall–Kier alpha value is -1.80. The Morgan fingerprint density at radius 2 is 1.17 bits per heavy atom.